The summed E-state index contributed by atoms with van der Waals surface area (Å²) in [4.78, 5) is 23.0. The van der Waals surface area contributed by atoms with Crippen LogP contribution in [-0.2, 0) is 4.79 Å². The molecule has 1 N–H and O–H groups in total. The third-order valence-electron chi connectivity index (χ3n) is 4.62. The first-order valence-electron chi connectivity index (χ1n) is 9.03. The fourth-order valence-electron chi connectivity index (χ4n) is 3.15. The Bertz CT molecular complexity index is 1260. The highest BCUT2D eigenvalue weighted by Gasteiger charge is 2.17. The minimum atomic E-state index is -0.543. The molecule has 0 aliphatic carbocycles. The molecule has 3 aromatic rings. The number of carbonyl (C=O) groups is 1. The van der Waals surface area contributed by atoms with E-state index in [9.17, 15) is 20.2 Å². The van der Waals surface area contributed by atoms with Crippen molar-refractivity contribution in [1.82, 2.24) is 4.57 Å². The molecule has 3 rings (SSSR count). The number of halogens is 2. The van der Waals surface area contributed by atoms with Crippen molar-refractivity contribution < 1.29 is 9.72 Å². The average Bonchev–Trinajstić information content (AvgIpc) is 3.00. The molecule has 0 spiro atoms. The fraction of sp³-hybridized carbons (Fsp3) is 0.0909. The molecular weight excluding hydrogens is 484 g/mol. The van der Waals surface area contributed by atoms with E-state index in [4.69, 9.17) is 11.6 Å². The zero-order valence-electron chi connectivity index (χ0n) is 16.5. The Morgan fingerprint density at radius 2 is 1.90 bits per heavy atom. The second-order valence-electron chi connectivity index (χ2n) is 6.69. The summed E-state index contributed by atoms with van der Waals surface area (Å²) < 4.78 is 2.73. The Hall–Kier alpha value is -3.41. The van der Waals surface area contributed by atoms with Gasteiger partial charge in [-0.05, 0) is 68.0 Å². The van der Waals surface area contributed by atoms with Crippen molar-refractivity contribution in [1.29, 1.82) is 5.26 Å². The number of anilines is 1. The van der Waals surface area contributed by atoms with E-state index in [1.165, 1.54) is 18.2 Å². The molecular formula is C22H16BrClN4O3. The summed E-state index contributed by atoms with van der Waals surface area (Å²) in [6, 6.07) is 15.2. The van der Waals surface area contributed by atoms with Crippen LogP contribution >= 0.6 is 27.5 Å². The summed E-state index contributed by atoms with van der Waals surface area (Å²) in [5, 5.41) is 23.2. The van der Waals surface area contributed by atoms with Crippen molar-refractivity contribution in [2.75, 3.05) is 5.32 Å². The van der Waals surface area contributed by atoms with E-state index in [1.807, 2.05) is 30.6 Å². The Kier molecular flexibility index (Phi) is 6.59. The van der Waals surface area contributed by atoms with Gasteiger partial charge in [-0.3, -0.25) is 14.9 Å². The number of nitrogens with one attached hydrogen (secondary N) is 1. The van der Waals surface area contributed by atoms with Gasteiger partial charge in [-0.1, -0.05) is 27.5 Å². The number of nitro groups is 1. The van der Waals surface area contributed by atoms with Gasteiger partial charge in [0.05, 0.1) is 4.92 Å². The molecule has 2 aromatic carbocycles. The third-order valence-corrected chi connectivity index (χ3v) is 5.45. The molecule has 0 saturated carbocycles. The van der Waals surface area contributed by atoms with E-state index in [2.05, 4.69) is 21.2 Å². The van der Waals surface area contributed by atoms with Crippen LogP contribution in [0.2, 0.25) is 5.02 Å². The summed E-state index contributed by atoms with van der Waals surface area (Å²) in [5.41, 5.74) is 3.23. The molecule has 0 radical (unpaired) electrons. The molecule has 0 atom stereocenters. The largest absolute Gasteiger partial charge is 0.321 e. The van der Waals surface area contributed by atoms with E-state index in [0.717, 1.165) is 15.9 Å². The predicted molar refractivity (Wildman–Crippen MR) is 123 cm³/mol. The zero-order chi connectivity index (χ0) is 22.7. The summed E-state index contributed by atoms with van der Waals surface area (Å²) in [6.07, 6.45) is 1.51. The summed E-state index contributed by atoms with van der Waals surface area (Å²) in [7, 11) is 0. The topological polar surface area (TPSA) is 101 Å². The molecule has 0 aliphatic rings. The Labute approximate surface area is 191 Å². The SMILES string of the molecule is Cc1cc(/C=C(/C#N)C(=O)Nc2ccc(Br)cc2)c(C)n1-c1ccc([N+](=O)[O-])c(Cl)c1. The number of carbonyl (C=O) groups excluding carboxylic acids is 1. The predicted octanol–water partition coefficient (Wildman–Crippen LogP) is 5.96. The van der Waals surface area contributed by atoms with Crippen LogP contribution < -0.4 is 5.32 Å². The Balaban J connectivity index is 1.94. The molecule has 31 heavy (non-hydrogen) atoms. The number of nitrogens with zero attached hydrogens (tertiary/aromatic N) is 3. The Morgan fingerprint density at radius 1 is 1.23 bits per heavy atom. The van der Waals surface area contributed by atoms with E-state index >= 15 is 0 Å². The van der Waals surface area contributed by atoms with Gasteiger partial charge < -0.3 is 9.88 Å². The highest BCUT2D eigenvalue weighted by molar-refractivity contribution is 9.10. The second kappa shape index (κ2) is 9.16. The number of hydrogen-bond donors (Lipinski definition) is 1. The van der Waals surface area contributed by atoms with E-state index in [-0.39, 0.29) is 16.3 Å². The van der Waals surface area contributed by atoms with Gasteiger partial charge in [-0.15, -0.1) is 0 Å². The first-order chi connectivity index (χ1) is 14.7. The molecule has 1 heterocycles. The van der Waals surface area contributed by atoms with Crippen molar-refractivity contribution in [3.63, 3.8) is 0 Å². The number of benzene rings is 2. The van der Waals surface area contributed by atoms with E-state index in [1.54, 1.807) is 30.3 Å². The average molecular weight is 500 g/mol. The van der Waals surface area contributed by atoms with Gasteiger partial charge in [0.25, 0.3) is 11.6 Å². The smallest absolute Gasteiger partial charge is 0.288 e. The lowest BCUT2D eigenvalue weighted by atomic mass is 10.1. The summed E-state index contributed by atoms with van der Waals surface area (Å²) in [6.45, 7) is 3.68. The van der Waals surface area contributed by atoms with E-state index < -0.39 is 10.8 Å². The fourth-order valence-corrected chi connectivity index (χ4v) is 3.66. The van der Waals surface area contributed by atoms with Crippen molar-refractivity contribution in [3.05, 3.63) is 90.7 Å². The van der Waals surface area contributed by atoms with Crippen LogP contribution in [0.5, 0.6) is 0 Å². The van der Waals surface area contributed by atoms with Crippen molar-refractivity contribution in [3.8, 4) is 11.8 Å². The summed E-state index contributed by atoms with van der Waals surface area (Å²) in [5.74, 6) is -0.520. The number of nitriles is 1. The maximum Gasteiger partial charge on any atom is 0.288 e. The molecule has 1 amide bonds. The van der Waals surface area contributed by atoms with Crippen LogP contribution in [0.25, 0.3) is 11.8 Å². The van der Waals surface area contributed by atoms with Crippen LogP contribution in [0, 0.1) is 35.3 Å². The molecule has 0 fully saturated rings. The van der Waals surface area contributed by atoms with Gasteiger partial charge >= 0.3 is 0 Å². The molecule has 1 aromatic heterocycles. The molecule has 7 nitrogen and oxygen atoms in total. The molecule has 156 valence electrons. The van der Waals surface area contributed by atoms with Crippen molar-refractivity contribution >= 4 is 50.9 Å². The Morgan fingerprint density at radius 3 is 2.48 bits per heavy atom. The maximum atomic E-state index is 12.6. The third kappa shape index (κ3) is 4.85. The van der Waals surface area contributed by atoms with Crippen LogP contribution in [0.1, 0.15) is 17.0 Å². The van der Waals surface area contributed by atoms with Gasteiger partial charge in [0.1, 0.15) is 16.7 Å². The number of amides is 1. The van der Waals surface area contributed by atoms with Gasteiger partial charge in [0.15, 0.2) is 0 Å². The quantitative estimate of drug-likeness (QED) is 0.202. The second-order valence-corrected chi connectivity index (χ2v) is 8.01. The minimum Gasteiger partial charge on any atom is -0.321 e. The van der Waals surface area contributed by atoms with Crippen LogP contribution in [0.3, 0.4) is 0 Å². The first kappa shape index (κ1) is 22.3. The zero-order valence-corrected chi connectivity index (χ0v) is 18.9. The van der Waals surface area contributed by atoms with Crippen LogP contribution in [-0.4, -0.2) is 15.4 Å². The number of aromatic nitrogens is 1. The molecule has 9 heteroatoms. The van der Waals surface area contributed by atoms with Crippen molar-refractivity contribution in [2.45, 2.75) is 13.8 Å². The normalized spacial score (nSPS) is 11.1. The number of hydrogen-bond acceptors (Lipinski definition) is 4. The lowest BCUT2D eigenvalue weighted by Crippen LogP contribution is -2.13. The van der Waals surface area contributed by atoms with Gasteiger partial charge in [-0.2, -0.15) is 5.26 Å². The van der Waals surface area contributed by atoms with Gasteiger partial charge in [0.2, 0.25) is 0 Å². The molecule has 0 bridgehead atoms. The monoisotopic (exact) mass is 498 g/mol. The standard InChI is InChI=1S/C22H16BrClN4O3/c1-13-9-15(10-16(12-25)22(29)26-18-5-3-17(23)4-6-18)14(2)27(13)19-7-8-21(28(30)31)20(24)11-19/h3-11H,1-2H3,(H,26,29)/b16-10-. The van der Waals surface area contributed by atoms with Gasteiger partial charge in [-0.25, -0.2) is 0 Å². The van der Waals surface area contributed by atoms with E-state index in [0.29, 0.717) is 16.9 Å². The van der Waals surface area contributed by atoms with Crippen molar-refractivity contribution in [2.24, 2.45) is 0 Å². The highest BCUT2D eigenvalue weighted by atomic mass is 79.9. The van der Waals surface area contributed by atoms with Gasteiger partial charge in [0, 0.05) is 33.3 Å². The highest BCUT2D eigenvalue weighted by Crippen LogP contribution is 2.29. The first-order valence-corrected chi connectivity index (χ1v) is 10.2. The molecule has 0 aliphatic heterocycles. The van der Waals surface area contributed by atoms with Crippen LogP contribution in [0.4, 0.5) is 11.4 Å². The lowest BCUT2D eigenvalue weighted by Gasteiger charge is -2.10. The summed E-state index contributed by atoms with van der Waals surface area (Å²) >= 11 is 9.38. The maximum absolute atomic E-state index is 12.6. The minimum absolute atomic E-state index is 0.0266. The lowest BCUT2D eigenvalue weighted by molar-refractivity contribution is -0.384. The van der Waals surface area contributed by atoms with Crippen LogP contribution in [0.15, 0.2) is 58.6 Å². The number of rotatable bonds is 5. The molecule has 0 unspecified atom stereocenters. The number of aryl methyl sites for hydroxylation is 1. The molecule has 0 saturated heterocycles. The number of nitro benzene ring substituents is 1.